The lowest BCUT2D eigenvalue weighted by Crippen LogP contribution is -2.43. The van der Waals surface area contributed by atoms with E-state index < -0.39 is 0 Å². The van der Waals surface area contributed by atoms with Gasteiger partial charge in [-0.15, -0.1) is 0 Å². The summed E-state index contributed by atoms with van der Waals surface area (Å²) in [6.07, 6.45) is 0.731. The Morgan fingerprint density at radius 3 is 2.67 bits per heavy atom. The zero-order valence-electron chi connectivity index (χ0n) is 16.4. The second-order valence-electron chi connectivity index (χ2n) is 7.27. The highest BCUT2D eigenvalue weighted by molar-refractivity contribution is 6.32. The van der Waals surface area contributed by atoms with Crippen LogP contribution in [0, 0.1) is 0 Å². The minimum atomic E-state index is -0.268. The van der Waals surface area contributed by atoms with Crippen LogP contribution in [0.3, 0.4) is 0 Å². The van der Waals surface area contributed by atoms with E-state index in [1.807, 2.05) is 39.8 Å². The minimum absolute atomic E-state index is 0.0719. The van der Waals surface area contributed by atoms with Gasteiger partial charge in [-0.3, -0.25) is 4.79 Å². The van der Waals surface area contributed by atoms with Gasteiger partial charge in [-0.25, -0.2) is 4.99 Å². The summed E-state index contributed by atoms with van der Waals surface area (Å²) in [6, 6.07) is 3.83. The molecule has 0 unspecified atom stereocenters. The standard InChI is InChI=1S/C19H29ClN4O3/c1-5-21-18(23-12-16(25)24-19(2,3)4)22-7-6-13-10-14(20)17-15(11-13)26-8-9-27-17/h10-11H,5-9,12H2,1-4H3,(H,24,25)(H2,21,22,23). The van der Waals surface area contributed by atoms with E-state index in [2.05, 4.69) is 20.9 Å². The molecule has 0 atom stereocenters. The van der Waals surface area contributed by atoms with E-state index in [0.29, 0.717) is 48.8 Å². The van der Waals surface area contributed by atoms with Gasteiger partial charge in [0.2, 0.25) is 5.91 Å². The molecule has 7 nitrogen and oxygen atoms in total. The molecule has 150 valence electrons. The third kappa shape index (κ3) is 7.17. The van der Waals surface area contributed by atoms with Crippen molar-refractivity contribution in [1.82, 2.24) is 16.0 Å². The van der Waals surface area contributed by atoms with E-state index in [1.54, 1.807) is 0 Å². The lowest BCUT2D eigenvalue weighted by molar-refractivity contribution is -0.121. The normalized spacial score (nSPS) is 13.9. The van der Waals surface area contributed by atoms with Crippen molar-refractivity contribution in [2.75, 3.05) is 32.8 Å². The first-order valence-corrected chi connectivity index (χ1v) is 9.57. The Morgan fingerprint density at radius 2 is 1.96 bits per heavy atom. The molecule has 1 amide bonds. The second kappa shape index (κ2) is 9.69. The maximum atomic E-state index is 11.9. The number of carbonyl (C=O) groups excluding carboxylic acids is 1. The van der Waals surface area contributed by atoms with Crippen molar-refractivity contribution in [1.29, 1.82) is 0 Å². The Balaban J connectivity index is 1.89. The van der Waals surface area contributed by atoms with Gasteiger partial charge in [-0.1, -0.05) is 11.6 Å². The monoisotopic (exact) mass is 396 g/mol. The number of hydrogen-bond acceptors (Lipinski definition) is 4. The van der Waals surface area contributed by atoms with Crippen LogP contribution in [0.5, 0.6) is 11.5 Å². The van der Waals surface area contributed by atoms with Gasteiger partial charge >= 0.3 is 0 Å². The predicted octanol–water partition coefficient (Wildman–Crippen LogP) is 2.12. The highest BCUT2D eigenvalue weighted by Crippen LogP contribution is 2.38. The van der Waals surface area contributed by atoms with Gasteiger partial charge in [0.1, 0.15) is 19.8 Å². The average Bonchev–Trinajstić information content (AvgIpc) is 2.58. The molecular weight excluding hydrogens is 368 g/mol. The van der Waals surface area contributed by atoms with Crippen molar-refractivity contribution >= 4 is 23.5 Å². The number of rotatable bonds is 6. The Morgan fingerprint density at radius 1 is 1.22 bits per heavy atom. The fourth-order valence-electron chi connectivity index (χ4n) is 2.58. The summed E-state index contributed by atoms with van der Waals surface area (Å²) in [7, 11) is 0. The van der Waals surface area contributed by atoms with Crippen molar-refractivity contribution in [3.63, 3.8) is 0 Å². The van der Waals surface area contributed by atoms with Gasteiger partial charge in [0.25, 0.3) is 0 Å². The first kappa shape index (κ1) is 21.2. The number of nitrogens with one attached hydrogen (secondary N) is 3. The molecule has 0 aliphatic carbocycles. The van der Waals surface area contributed by atoms with E-state index >= 15 is 0 Å². The average molecular weight is 397 g/mol. The molecule has 1 aromatic carbocycles. The zero-order chi connectivity index (χ0) is 19.9. The van der Waals surface area contributed by atoms with Crippen molar-refractivity contribution in [2.24, 2.45) is 4.99 Å². The van der Waals surface area contributed by atoms with E-state index in [4.69, 9.17) is 21.1 Å². The molecule has 1 aliphatic rings. The number of guanidine groups is 1. The van der Waals surface area contributed by atoms with E-state index in [9.17, 15) is 4.79 Å². The van der Waals surface area contributed by atoms with Crippen LogP contribution in [0.4, 0.5) is 0 Å². The Kier molecular flexibility index (Phi) is 7.59. The third-order valence-electron chi connectivity index (χ3n) is 3.60. The van der Waals surface area contributed by atoms with Crippen molar-refractivity contribution in [3.8, 4) is 11.5 Å². The number of fused-ring (bicyclic) bond motifs is 1. The van der Waals surface area contributed by atoms with Gasteiger partial charge in [-0.2, -0.15) is 0 Å². The molecule has 3 N–H and O–H groups in total. The van der Waals surface area contributed by atoms with Crippen LogP contribution in [-0.2, 0) is 11.2 Å². The molecule has 0 fully saturated rings. The van der Waals surface area contributed by atoms with Gasteiger partial charge in [0, 0.05) is 18.6 Å². The fourth-order valence-corrected chi connectivity index (χ4v) is 2.87. The van der Waals surface area contributed by atoms with Gasteiger partial charge < -0.3 is 25.4 Å². The maximum absolute atomic E-state index is 11.9. The minimum Gasteiger partial charge on any atom is -0.486 e. The number of hydrogen-bond donors (Lipinski definition) is 3. The largest absolute Gasteiger partial charge is 0.486 e. The zero-order valence-corrected chi connectivity index (χ0v) is 17.2. The van der Waals surface area contributed by atoms with Crippen LogP contribution in [-0.4, -0.2) is 50.3 Å². The first-order chi connectivity index (χ1) is 12.8. The number of carbonyl (C=O) groups is 1. The predicted molar refractivity (Wildman–Crippen MR) is 108 cm³/mol. The lowest BCUT2D eigenvalue weighted by Gasteiger charge is -2.20. The maximum Gasteiger partial charge on any atom is 0.242 e. The summed E-state index contributed by atoms with van der Waals surface area (Å²) in [5, 5.41) is 9.82. The highest BCUT2D eigenvalue weighted by Gasteiger charge is 2.16. The molecule has 0 aromatic heterocycles. The number of nitrogens with zero attached hydrogens (tertiary/aromatic N) is 1. The van der Waals surface area contributed by atoms with Gasteiger partial charge in [0.15, 0.2) is 17.5 Å². The van der Waals surface area contributed by atoms with E-state index in [0.717, 1.165) is 12.0 Å². The van der Waals surface area contributed by atoms with Crippen LogP contribution in [0.25, 0.3) is 0 Å². The number of benzene rings is 1. The summed E-state index contributed by atoms with van der Waals surface area (Å²) < 4.78 is 11.1. The summed E-state index contributed by atoms with van der Waals surface area (Å²) in [6.45, 7) is 10.3. The molecule has 8 heteroatoms. The molecular formula is C19H29ClN4O3. The third-order valence-corrected chi connectivity index (χ3v) is 3.88. The van der Waals surface area contributed by atoms with Crippen LogP contribution >= 0.6 is 11.6 Å². The van der Waals surface area contributed by atoms with Crippen molar-refractivity contribution < 1.29 is 14.3 Å². The first-order valence-electron chi connectivity index (χ1n) is 9.19. The SMILES string of the molecule is CCNC(=NCC(=O)NC(C)(C)C)NCCc1cc(Cl)c2c(c1)OCCO2. The van der Waals surface area contributed by atoms with E-state index in [1.165, 1.54) is 0 Å². The molecule has 0 saturated carbocycles. The Hall–Kier alpha value is -2.15. The quantitative estimate of drug-likeness (QED) is 0.506. The highest BCUT2D eigenvalue weighted by atomic mass is 35.5. The van der Waals surface area contributed by atoms with Crippen molar-refractivity contribution in [2.45, 2.75) is 39.7 Å². The number of amides is 1. The lowest BCUT2D eigenvalue weighted by atomic mass is 10.1. The Bertz CT molecular complexity index is 686. The summed E-state index contributed by atoms with van der Waals surface area (Å²) in [5.74, 6) is 1.78. The van der Waals surface area contributed by atoms with Crippen molar-refractivity contribution in [3.05, 3.63) is 22.7 Å². The summed E-state index contributed by atoms with van der Waals surface area (Å²) >= 11 is 6.27. The second-order valence-corrected chi connectivity index (χ2v) is 7.68. The molecule has 0 saturated heterocycles. The van der Waals surface area contributed by atoms with E-state index in [-0.39, 0.29) is 18.0 Å². The molecule has 0 radical (unpaired) electrons. The summed E-state index contributed by atoms with van der Waals surface area (Å²) in [4.78, 5) is 16.3. The smallest absolute Gasteiger partial charge is 0.242 e. The molecule has 1 aromatic rings. The van der Waals surface area contributed by atoms with Crippen LogP contribution in [0.2, 0.25) is 5.02 Å². The van der Waals surface area contributed by atoms with Gasteiger partial charge in [0.05, 0.1) is 5.02 Å². The fraction of sp³-hybridized carbons (Fsp3) is 0.579. The number of ether oxygens (including phenoxy) is 2. The molecule has 27 heavy (non-hydrogen) atoms. The van der Waals surface area contributed by atoms with Crippen LogP contribution in [0.1, 0.15) is 33.3 Å². The van der Waals surface area contributed by atoms with Crippen LogP contribution in [0.15, 0.2) is 17.1 Å². The molecule has 2 rings (SSSR count). The molecule has 0 bridgehead atoms. The molecule has 1 heterocycles. The molecule has 1 aliphatic heterocycles. The molecule has 0 spiro atoms. The van der Waals surface area contributed by atoms with Crippen LogP contribution < -0.4 is 25.4 Å². The number of aliphatic imine (C=N–C) groups is 1. The topological polar surface area (TPSA) is 84.0 Å². The van der Waals surface area contributed by atoms with Gasteiger partial charge in [-0.05, 0) is 51.8 Å². The number of halogens is 1. The summed E-state index contributed by atoms with van der Waals surface area (Å²) in [5.41, 5.74) is 0.772. The Labute approximate surface area is 165 Å².